The molecule has 4 rings (SSSR count). The van der Waals surface area contributed by atoms with Gasteiger partial charge < -0.3 is 4.74 Å². The minimum atomic E-state index is -0.139. The van der Waals surface area contributed by atoms with Gasteiger partial charge in [-0.2, -0.15) is 5.26 Å². The summed E-state index contributed by atoms with van der Waals surface area (Å²) >= 11 is 0. The maximum atomic E-state index is 15.2. The maximum absolute atomic E-state index is 15.2. The molecule has 0 fully saturated rings. The zero-order valence-electron chi connectivity index (χ0n) is 21.7. The Morgan fingerprint density at radius 3 is 2.35 bits per heavy atom. The van der Waals surface area contributed by atoms with Crippen molar-refractivity contribution in [2.45, 2.75) is 64.7 Å². The predicted octanol–water partition coefficient (Wildman–Crippen LogP) is 8.17. The van der Waals surface area contributed by atoms with E-state index < -0.39 is 0 Å². The number of halogens is 1. The summed E-state index contributed by atoms with van der Waals surface area (Å²) in [7, 11) is 0. The molecular formula is C33H35FN2O. The number of hydrogen-bond acceptors (Lipinski definition) is 3. The van der Waals surface area contributed by atoms with E-state index in [4.69, 9.17) is 10.00 Å². The lowest BCUT2D eigenvalue weighted by Gasteiger charge is -2.09. The standard InChI is InChI=1S/C33H35FN2O/c1-2-3-4-5-6-21-37-31-19-18-30(36-24-31)17-12-26-13-20-32-29(22-26)16-15-28(33(32)34)14-11-25-7-9-27(23-35)10-8-25/h7-10,13,15-16,18-20,22,24H,2-6,11-12,14,17,21H2,1H3. The molecule has 0 aliphatic rings. The molecule has 0 atom stereocenters. The summed E-state index contributed by atoms with van der Waals surface area (Å²) in [5, 5.41) is 10.5. The Labute approximate surface area is 219 Å². The molecule has 1 heterocycles. The van der Waals surface area contributed by atoms with Gasteiger partial charge in [-0.3, -0.25) is 4.98 Å². The molecule has 1 aromatic heterocycles. The topological polar surface area (TPSA) is 45.9 Å². The number of ether oxygens (including phenoxy) is 1. The Kier molecular flexibility index (Phi) is 9.66. The Morgan fingerprint density at radius 1 is 0.811 bits per heavy atom. The number of aryl methyl sites for hydroxylation is 4. The monoisotopic (exact) mass is 494 g/mol. The number of fused-ring (bicyclic) bond motifs is 1. The molecule has 0 radical (unpaired) electrons. The first kappa shape index (κ1) is 26.4. The molecule has 0 saturated carbocycles. The highest BCUT2D eigenvalue weighted by atomic mass is 19.1. The minimum absolute atomic E-state index is 0.139. The molecule has 0 aliphatic carbocycles. The molecule has 190 valence electrons. The van der Waals surface area contributed by atoms with E-state index in [0.717, 1.165) is 60.2 Å². The van der Waals surface area contributed by atoms with Crippen molar-refractivity contribution >= 4 is 10.8 Å². The molecule has 3 nitrogen and oxygen atoms in total. The molecule has 3 aromatic carbocycles. The molecular weight excluding hydrogens is 459 g/mol. The second-order valence-corrected chi connectivity index (χ2v) is 9.65. The Hall–Kier alpha value is -3.71. The maximum Gasteiger partial charge on any atom is 0.137 e. The highest BCUT2D eigenvalue weighted by Crippen LogP contribution is 2.24. The number of hydrogen-bond donors (Lipinski definition) is 0. The van der Waals surface area contributed by atoms with Gasteiger partial charge in [0.1, 0.15) is 11.6 Å². The van der Waals surface area contributed by atoms with Crippen molar-refractivity contribution in [2.75, 3.05) is 6.61 Å². The fourth-order valence-electron chi connectivity index (χ4n) is 4.57. The van der Waals surface area contributed by atoms with Crippen LogP contribution >= 0.6 is 0 Å². The van der Waals surface area contributed by atoms with E-state index in [1.807, 2.05) is 66.9 Å². The highest BCUT2D eigenvalue weighted by Gasteiger charge is 2.09. The molecule has 4 aromatic rings. The molecule has 0 aliphatic heterocycles. The van der Waals surface area contributed by atoms with Crippen molar-refractivity contribution in [3.63, 3.8) is 0 Å². The second kappa shape index (κ2) is 13.6. The Morgan fingerprint density at radius 2 is 1.59 bits per heavy atom. The molecule has 0 unspecified atom stereocenters. The van der Waals surface area contributed by atoms with E-state index in [2.05, 4.69) is 24.0 Å². The van der Waals surface area contributed by atoms with E-state index in [1.165, 1.54) is 31.2 Å². The predicted molar refractivity (Wildman–Crippen MR) is 148 cm³/mol. The lowest BCUT2D eigenvalue weighted by molar-refractivity contribution is 0.303. The van der Waals surface area contributed by atoms with E-state index in [-0.39, 0.29) is 5.82 Å². The molecule has 37 heavy (non-hydrogen) atoms. The van der Waals surface area contributed by atoms with Crippen LogP contribution in [0.4, 0.5) is 4.39 Å². The first-order chi connectivity index (χ1) is 18.2. The molecule has 0 amide bonds. The number of nitrogens with zero attached hydrogens (tertiary/aromatic N) is 2. The summed E-state index contributed by atoms with van der Waals surface area (Å²) in [5.74, 6) is 0.690. The van der Waals surface area contributed by atoms with E-state index in [9.17, 15) is 0 Å². The third kappa shape index (κ3) is 7.64. The van der Waals surface area contributed by atoms with Crippen molar-refractivity contribution < 1.29 is 9.13 Å². The van der Waals surface area contributed by atoms with Crippen LogP contribution in [0.2, 0.25) is 0 Å². The summed E-state index contributed by atoms with van der Waals surface area (Å²) in [4.78, 5) is 4.56. The van der Waals surface area contributed by atoms with Gasteiger partial charge in [0.15, 0.2) is 0 Å². The lowest BCUT2D eigenvalue weighted by Crippen LogP contribution is -2.00. The number of rotatable bonds is 13. The summed E-state index contributed by atoms with van der Waals surface area (Å²) in [6, 6.07) is 23.6. The zero-order chi connectivity index (χ0) is 25.9. The molecule has 0 N–H and O–H groups in total. The van der Waals surface area contributed by atoms with Gasteiger partial charge >= 0.3 is 0 Å². The van der Waals surface area contributed by atoms with Crippen LogP contribution in [-0.2, 0) is 25.7 Å². The Bertz CT molecular complexity index is 1320. The summed E-state index contributed by atoms with van der Waals surface area (Å²) < 4.78 is 21.0. The van der Waals surface area contributed by atoms with Gasteiger partial charge in [-0.15, -0.1) is 0 Å². The van der Waals surface area contributed by atoms with Crippen LogP contribution in [0, 0.1) is 17.1 Å². The largest absolute Gasteiger partial charge is 0.492 e. The fourth-order valence-corrected chi connectivity index (χ4v) is 4.57. The summed E-state index contributed by atoms with van der Waals surface area (Å²) in [5.41, 5.74) is 4.66. The Balaban J connectivity index is 1.29. The number of benzene rings is 3. The third-order valence-corrected chi connectivity index (χ3v) is 6.85. The van der Waals surface area contributed by atoms with Crippen LogP contribution in [0.1, 0.15) is 67.0 Å². The van der Waals surface area contributed by atoms with Crippen LogP contribution in [0.15, 0.2) is 72.9 Å². The molecule has 4 heteroatoms. The average Bonchev–Trinajstić information content (AvgIpc) is 2.94. The van der Waals surface area contributed by atoms with Gasteiger partial charge in [0, 0.05) is 11.1 Å². The van der Waals surface area contributed by atoms with E-state index in [1.54, 1.807) is 0 Å². The lowest BCUT2D eigenvalue weighted by atomic mass is 9.97. The van der Waals surface area contributed by atoms with Gasteiger partial charge in [-0.1, -0.05) is 75.1 Å². The van der Waals surface area contributed by atoms with Crippen molar-refractivity contribution in [1.82, 2.24) is 4.98 Å². The molecule has 0 saturated heterocycles. The van der Waals surface area contributed by atoms with Crippen LogP contribution in [0.5, 0.6) is 5.75 Å². The first-order valence-corrected chi connectivity index (χ1v) is 13.4. The highest BCUT2D eigenvalue weighted by molar-refractivity contribution is 5.84. The molecule has 0 spiro atoms. The van der Waals surface area contributed by atoms with Crippen molar-refractivity contribution in [3.05, 3.63) is 107 Å². The van der Waals surface area contributed by atoms with Crippen LogP contribution in [-0.4, -0.2) is 11.6 Å². The van der Waals surface area contributed by atoms with Gasteiger partial charge in [-0.05, 0) is 78.4 Å². The average molecular weight is 495 g/mol. The fraction of sp³-hybridized carbons (Fsp3) is 0.333. The van der Waals surface area contributed by atoms with Gasteiger partial charge in [-0.25, -0.2) is 4.39 Å². The SMILES string of the molecule is CCCCCCCOc1ccc(CCc2ccc3c(F)c(CCc4ccc(C#N)cc4)ccc3c2)nc1. The van der Waals surface area contributed by atoms with E-state index in [0.29, 0.717) is 17.4 Å². The minimum Gasteiger partial charge on any atom is -0.492 e. The zero-order valence-corrected chi connectivity index (χ0v) is 21.7. The number of aromatic nitrogens is 1. The van der Waals surface area contributed by atoms with E-state index >= 15 is 4.39 Å². The first-order valence-electron chi connectivity index (χ1n) is 13.4. The quantitative estimate of drug-likeness (QED) is 0.176. The van der Waals surface area contributed by atoms with Crippen molar-refractivity contribution in [2.24, 2.45) is 0 Å². The summed E-state index contributed by atoms with van der Waals surface area (Å²) in [6.45, 7) is 2.97. The normalized spacial score (nSPS) is 10.9. The molecule has 0 bridgehead atoms. The number of pyridine rings is 1. The van der Waals surface area contributed by atoms with Crippen molar-refractivity contribution in [3.8, 4) is 11.8 Å². The van der Waals surface area contributed by atoms with Gasteiger partial charge in [0.05, 0.1) is 24.4 Å². The number of unbranched alkanes of at least 4 members (excludes halogenated alkanes) is 4. The van der Waals surface area contributed by atoms with Gasteiger partial charge in [0.25, 0.3) is 0 Å². The smallest absolute Gasteiger partial charge is 0.137 e. The van der Waals surface area contributed by atoms with Crippen molar-refractivity contribution in [1.29, 1.82) is 5.26 Å². The number of nitriles is 1. The third-order valence-electron chi connectivity index (χ3n) is 6.85. The van der Waals surface area contributed by atoms with Gasteiger partial charge in [0.2, 0.25) is 0 Å². The van der Waals surface area contributed by atoms with Crippen LogP contribution < -0.4 is 4.74 Å². The van der Waals surface area contributed by atoms with Crippen LogP contribution in [0.25, 0.3) is 10.8 Å². The van der Waals surface area contributed by atoms with Crippen LogP contribution in [0.3, 0.4) is 0 Å². The summed E-state index contributed by atoms with van der Waals surface area (Å²) in [6.07, 6.45) is 11.0. The second-order valence-electron chi connectivity index (χ2n) is 9.65.